The van der Waals surface area contributed by atoms with Crippen LogP contribution in [0.1, 0.15) is 44.0 Å². The van der Waals surface area contributed by atoms with Crippen molar-refractivity contribution in [1.82, 2.24) is 4.98 Å². The number of aromatic nitrogens is 1. The maximum Gasteiger partial charge on any atom is 0.325 e. The molecule has 21 heavy (non-hydrogen) atoms. The standard InChI is InChI=1S/C15H20N4OS/c1-9(2)13-8-21-15(18-13)19-14(20)17-12-6-4-11(5-7-12)10(3)16/h4-10H,16H2,1-3H3,(H2,17,18,19,20). The molecule has 1 heterocycles. The molecule has 0 saturated heterocycles. The molecule has 0 spiro atoms. The van der Waals surface area contributed by atoms with E-state index in [4.69, 9.17) is 5.73 Å². The van der Waals surface area contributed by atoms with Gasteiger partial charge in [-0.3, -0.25) is 5.32 Å². The highest BCUT2D eigenvalue weighted by Crippen LogP contribution is 2.21. The van der Waals surface area contributed by atoms with Gasteiger partial charge >= 0.3 is 6.03 Å². The van der Waals surface area contributed by atoms with Crippen LogP contribution in [-0.2, 0) is 0 Å². The fourth-order valence-corrected chi connectivity index (χ4v) is 2.61. The summed E-state index contributed by atoms with van der Waals surface area (Å²) in [6.07, 6.45) is 0. The number of hydrogen-bond acceptors (Lipinski definition) is 4. The maximum atomic E-state index is 11.9. The third-order valence-corrected chi connectivity index (χ3v) is 3.80. The van der Waals surface area contributed by atoms with Crippen LogP contribution >= 0.6 is 11.3 Å². The lowest BCUT2D eigenvalue weighted by atomic mass is 10.1. The zero-order chi connectivity index (χ0) is 15.4. The second-order valence-corrected chi connectivity index (χ2v) is 6.08. The van der Waals surface area contributed by atoms with Crippen LogP contribution in [-0.4, -0.2) is 11.0 Å². The molecule has 1 aromatic heterocycles. The number of amides is 2. The third-order valence-electron chi connectivity index (χ3n) is 3.03. The molecule has 2 rings (SSSR count). The Morgan fingerprint density at radius 3 is 2.38 bits per heavy atom. The van der Waals surface area contributed by atoms with Crippen molar-refractivity contribution in [2.75, 3.05) is 10.6 Å². The molecule has 0 saturated carbocycles. The normalized spacial score (nSPS) is 12.2. The van der Waals surface area contributed by atoms with Gasteiger partial charge in [0.25, 0.3) is 0 Å². The molecule has 1 unspecified atom stereocenters. The second-order valence-electron chi connectivity index (χ2n) is 5.22. The highest BCUT2D eigenvalue weighted by atomic mass is 32.1. The van der Waals surface area contributed by atoms with Crippen LogP contribution in [0, 0.1) is 0 Å². The minimum Gasteiger partial charge on any atom is -0.324 e. The molecule has 1 aromatic carbocycles. The molecule has 112 valence electrons. The third kappa shape index (κ3) is 4.27. The molecule has 2 amide bonds. The maximum absolute atomic E-state index is 11.9. The molecule has 0 radical (unpaired) electrons. The van der Waals surface area contributed by atoms with E-state index in [-0.39, 0.29) is 12.1 Å². The molecule has 0 aliphatic rings. The number of nitrogens with one attached hydrogen (secondary N) is 2. The summed E-state index contributed by atoms with van der Waals surface area (Å²) in [6.45, 7) is 6.06. The lowest BCUT2D eigenvalue weighted by Gasteiger charge is -2.08. The number of benzene rings is 1. The SMILES string of the molecule is CC(C)c1csc(NC(=O)Nc2ccc(C(C)N)cc2)n1. The molecule has 0 aliphatic carbocycles. The number of hydrogen-bond donors (Lipinski definition) is 3. The average Bonchev–Trinajstić information content (AvgIpc) is 2.87. The first kappa shape index (κ1) is 15.5. The molecular formula is C15H20N4OS. The summed E-state index contributed by atoms with van der Waals surface area (Å²) >= 11 is 1.42. The number of thiazole rings is 1. The molecule has 1 atom stereocenters. The van der Waals surface area contributed by atoms with Gasteiger partial charge in [0, 0.05) is 17.1 Å². The summed E-state index contributed by atoms with van der Waals surface area (Å²) in [7, 11) is 0. The van der Waals surface area contributed by atoms with Crippen molar-refractivity contribution in [3.8, 4) is 0 Å². The van der Waals surface area contributed by atoms with E-state index in [1.807, 2.05) is 36.6 Å². The number of carbonyl (C=O) groups excluding carboxylic acids is 1. The van der Waals surface area contributed by atoms with E-state index >= 15 is 0 Å². The van der Waals surface area contributed by atoms with Crippen molar-refractivity contribution in [3.63, 3.8) is 0 Å². The quantitative estimate of drug-likeness (QED) is 0.800. The van der Waals surface area contributed by atoms with Gasteiger partial charge in [-0.25, -0.2) is 9.78 Å². The molecule has 0 aliphatic heterocycles. The number of carbonyl (C=O) groups is 1. The zero-order valence-corrected chi connectivity index (χ0v) is 13.2. The summed E-state index contributed by atoms with van der Waals surface area (Å²) in [6, 6.07) is 7.16. The van der Waals surface area contributed by atoms with Crippen LogP contribution < -0.4 is 16.4 Å². The predicted molar refractivity (Wildman–Crippen MR) is 87.9 cm³/mol. The number of nitrogens with two attached hydrogens (primary N) is 1. The van der Waals surface area contributed by atoms with E-state index < -0.39 is 0 Å². The van der Waals surface area contributed by atoms with Crippen molar-refractivity contribution in [3.05, 3.63) is 40.9 Å². The average molecular weight is 304 g/mol. The van der Waals surface area contributed by atoms with Gasteiger partial charge in [-0.2, -0.15) is 0 Å². The van der Waals surface area contributed by atoms with Gasteiger partial charge in [0.2, 0.25) is 0 Å². The van der Waals surface area contributed by atoms with Crippen molar-refractivity contribution >= 4 is 28.2 Å². The van der Waals surface area contributed by atoms with E-state index in [9.17, 15) is 4.79 Å². The minimum atomic E-state index is -0.298. The Kier molecular flexibility index (Phi) is 4.93. The van der Waals surface area contributed by atoms with E-state index in [0.717, 1.165) is 16.9 Å². The Hall–Kier alpha value is -1.92. The van der Waals surface area contributed by atoms with Crippen LogP contribution in [0.4, 0.5) is 15.6 Å². The van der Waals surface area contributed by atoms with E-state index in [1.165, 1.54) is 11.3 Å². The van der Waals surface area contributed by atoms with Crippen molar-refractivity contribution < 1.29 is 4.79 Å². The van der Waals surface area contributed by atoms with Crippen molar-refractivity contribution in [1.29, 1.82) is 0 Å². The minimum absolute atomic E-state index is 0.0161. The fourth-order valence-electron chi connectivity index (χ4n) is 1.74. The number of rotatable bonds is 4. The van der Waals surface area contributed by atoms with Gasteiger partial charge in [0.15, 0.2) is 5.13 Å². The first-order valence-electron chi connectivity index (χ1n) is 6.84. The molecule has 2 aromatic rings. The van der Waals surface area contributed by atoms with Crippen LogP contribution in [0.5, 0.6) is 0 Å². The first-order valence-corrected chi connectivity index (χ1v) is 7.72. The highest BCUT2D eigenvalue weighted by Gasteiger charge is 2.09. The molecular weight excluding hydrogens is 284 g/mol. The number of nitrogens with zero attached hydrogens (tertiary/aromatic N) is 1. The Morgan fingerprint density at radius 1 is 1.19 bits per heavy atom. The zero-order valence-electron chi connectivity index (χ0n) is 12.4. The molecule has 6 heteroatoms. The lowest BCUT2D eigenvalue weighted by Crippen LogP contribution is -2.19. The summed E-state index contributed by atoms with van der Waals surface area (Å²) in [5.41, 5.74) is 8.52. The van der Waals surface area contributed by atoms with Gasteiger partial charge in [0.1, 0.15) is 0 Å². The summed E-state index contributed by atoms with van der Waals surface area (Å²) in [5.74, 6) is 0.352. The Balaban J connectivity index is 1.94. The van der Waals surface area contributed by atoms with Gasteiger partial charge in [-0.1, -0.05) is 26.0 Å². The first-order chi connectivity index (χ1) is 9.95. The lowest BCUT2D eigenvalue weighted by molar-refractivity contribution is 0.262. The topological polar surface area (TPSA) is 80.0 Å². The largest absolute Gasteiger partial charge is 0.325 e. The molecule has 5 nitrogen and oxygen atoms in total. The van der Waals surface area contributed by atoms with Crippen LogP contribution in [0.15, 0.2) is 29.6 Å². The van der Waals surface area contributed by atoms with Crippen LogP contribution in [0.3, 0.4) is 0 Å². The predicted octanol–water partition coefficient (Wildman–Crippen LogP) is 3.93. The summed E-state index contributed by atoms with van der Waals surface area (Å²) in [4.78, 5) is 16.3. The number of urea groups is 1. The van der Waals surface area contributed by atoms with Crippen molar-refractivity contribution in [2.45, 2.75) is 32.7 Å². The van der Waals surface area contributed by atoms with Gasteiger partial charge in [-0.05, 0) is 30.5 Å². The molecule has 4 N–H and O–H groups in total. The Morgan fingerprint density at radius 2 is 1.86 bits per heavy atom. The highest BCUT2D eigenvalue weighted by molar-refractivity contribution is 7.13. The van der Waals surface area contributed by atoms with E-state index in [2.05, 4.69) is 29.5 Å². The molecule has 0 bridgehead atoms. The molecule has 0 fully saturated rings. The summed E-state index contributed by atoms with van der Waals surface area (Å²) in [5, 5.41) is 8.06. The Labute approximate surface area is 128 Å². The van der Waals surface area contributed by atoms with Crippen molar-refractivity contribution in [2.24, 2.45) is 5.73 Å². The van der Waals surface area contributed by atoms with E-state index in [0.29, 0.717) is 11.0 Å². The smallest absolute Gasteiger partial charge is 0.324 e. The number of anilines is 2. The van der Waals surface area contributed by atoms with Gasteiger partial charge < -0.3 is 11.1 Å². The summed E-state index contributed by atoms with van der Waals surface area (Å²) < 4.78 is 0. The van der Waals surface area contributed by atoms with Crippen LogP contribution in [0.2, 0.25) is 0 Å². The fraction of sp³-hybridized carbons (Fsp3) is 0.333. The van der Waals surface area contributed by atoms with Gasteiger partial charge in [-0.15, -0.1) is 11.3 Å². The van der Waals surface area contributed by atoms with E-state index in [1.54, 1.807) is 0 Å². The second kappa shape index (κ2) is 6.69. The monoisotopic (exact) mass is 304 g/mol. The Bertz CT molecular complexity index is 604. The van der Waals surface area contributed by atoms with Crippen LogP contribution in [0.25, 0.3) is 0 Å². The van der Waals surface area contributed by atoms with Gasteiger partial charge in [0.05, 0.1) is 5.69 Å².